The molecular formula is C23H20O5. The van der Waals surface area contributed by atoms with E-state index >= 15 is 0 Å². The predicted octanol–water partition coefficient (Wildman–Crippen LogP) is 4.29. The largest absolute Gasteiger partial charge is 0.497 e. The van der Waals surface area contributed by atoms with Gasteiger partial charge in [0.1, 0.15) is 18.1 Å². The second-order valence-corrected chi connectivity index (χ2v) is 5.99. The van der Waals surface area contributed by atoms with Crippen LogP contribution in [0.25, 0.3) is 0 Å². The third kappa shape index (κ3) is 4.20. The Labute approximate surface area is 163 Å². The van der Waals surface area contributed by atoms with Gasteiger partial charge in [-0.3, -0.25) is 4.79 Å². The van der Waals surface area contributed by atoms with Gasteiger partial charge in [-0.1, -0.05) is 48.5 Å². The highest BCUT2D eigenvalue weighted by Gasteiger charge is 2.19. The fourth-order valence-corrected chi connectivity index (χ4v) is 2.82. The summed E-state index contributed by atoms with van der Waals surface area (Å²) in [6.45, 7) is -0.00688. The first-order chi connectivity index (χ1) is 13.6. The lowest BCUT2D eigenvalue weighted by molar-refractivity contribution is 0.0467. The van der Waals surface area contributed by atoms with E-state index in [0.717, 1.165) is 0 Å². The molecule has 3 aromatic carbocycles. The lowest BCUT2D eigenvalue weighted by atomic mass is 9.98. The molecule has 28 heavy (non-hydrogen) atoms. The summed E-state index contributed by atoms with van der Waals surface area (Å²) in [5.41, 5.74) is 1.70. The van der Waals surface area contributed by atoms with Gasteiger partial charge in [0.05, 0.1) is 19.8 Å². The normalized spacial score (nSPS) is 10.2. The first-order valence-corrected chi connectivity index (χ1v) is 8.71. The van der Waals surface area contributed by atoms with Gasteiger partial charge in [0, 0.05) is 16.7 Å². The molecule has 0 aliphatic carbocycles. The van der Waals surface area contributed by atoms with Crippen LogP contribution in [0.3, 0.4) is 0 Å². The van der Waals surface area contributed by atoms with Crippen LogP contribution in [-0.2, 0) is 11.3 Å². The number of methoxy groups -OCH3 is 2. The molecule has 0 saturated heterocycles. The summed E-state index contributed by atoms with van der Waals surface area (Å²) in [5, 5.41) is 0. The molecule has 0 unspecified atom stereocenters. The lowest BCUT2D eigenvalue weighted by Crippen LogP contribution is -2.13. The monoisotopic (exact) mass is 376 g/mol. The Morgan fingerprint density at radius 2 is 1.46 bits per heavy atom. The number of rotatable bonds is 7. The second kappa shape index (κ2) is 8.86. The van der Waals surface area contributed by atoms with Crippen molar-refractivity contribution in [2.45, 2.75) is 6.61 Å². The van der Waals surface area contributed by atoms with E-state index in [0.29, 0.717) is 28.2 Å². The molecule has 0 aromatic heterocycles. The average Bonchev–Trinajstić information content (AvgIpc) is 2.77. The number of ether oxygens (including phenoxy) is 3. The number of esters is 1. The fraction of sp³-hybridized carbons (Fsp3) is 0.130. The number of carbonyl (C=O) groups excluding carboxylic acids is 2. The Morgan fingerprint density at radius 3 is 2.14 bits per heavy atom. The SMILES string of the molecule is COc1ccc(OC)c(COC(=O)c2ccccc2C(=O)c2ccccc2)c1. The van der Waals surface area contributed by atoms with Crippen molar-refractivity contribution in [3.05, 3.63) is 95.1 Å². The lowest BCUT2D eigenvalue weighted by Gasteiger charge is -2.12. The maximum absolute atomic E-state index is 12.8. The number of hydrogen-bond donors (Lipinski definition) is 0. The van der Waals surface area contributed by atoms with Crippen molar-refractivity contribution in [1.29, 1.82) is 0 Å². The van der Waals surface area contributed by atoms with Crippen LogP contribution in [-0.4, -0.2) is 26.0 Å². The maximum atomic E-state index is 12.8. The quantitative estimate of drug-likeness (QED) is 0.455. The van der Waals surface area contributed by atoms with Crippen LogP contribution in [0.2, 0.25) is 0 Å². The van der Waals surface area contributed by atoms with Gasteiger partial charge >= 0.3 is 5.97 Å². The summed E-state index contributed by atoms with van der Waals surface area (Å²) < 4.78 is 16.0. The molecule has 0 radical (unpaired) electrons. The summed E-state index contributed by atoms with van der Waals surface area (Å²) in [4.78, 5) is 25.5. The highest BCUT2D eigenvalue weighted by molar-refractivity contribution is 6.14. The zero-order chi connectivity index (χ0) is 19.9. The summed E-state index contributed by atoms with van der Waals surface area (Å²) in [7, 11) is 3.10. The van der Waals surface area contributed by atoms with E-state index in [1.165, 1.54) is 0 Å². The predicted molar refractivity (Wildman–Crippen MR) is 105 cm³/mol. The molecule has 3 rings (SSSR count). The number of ketones is 1. The Morgan fingerprint density at radius 1 is 0.786 bits per heavy atom. The molecule has 0 aliphatic rings. The Kier molecular flexibility index (Phi) is 6.07. The van der Waals surface area contributed by atoms with Crippen molar-refractivity contribution >= 4 is 11.8 Å². The molecule has 0 N–H and O–H groups in total. The summed E-state index contributed by atoms with van der Waals surface area (Å²) >= 11 is 0. The zero-order valence-electron chi connectivity index (χ0n) is 15.7. The molecule has 0 saturated carbocycles. The molecule has 5 nitrogen and oxygen atoms in total. The van der Waals surface area contributed by atoms with Crippen LogP contribution in [0.1, 0.15) is 31.8 Å². The van der Waals surface area contributed by atoms with Crippen molar-refractivity contribution in [3.8, 4) is 11.5 Å². The maximum Gasteiger partial charge on any atom is 0.339 e. The minimum atomic E-state index is -0.579. The van der Waals surface area contributed by atoms with E-state index in [2.05, 4.69) is 0 Å². The van der Waals surface area contributed by atoms with Crippen molar-refractivity contribution in [1.82, 2.24) is 0 Å². The third-order valence-electron chi connectivity index (χ3n) is 4.27. The van der Waals surface area contributed by atoms with Crippen LogP contribution < -0.4 is 9.47 Å². The average molecular weight is 376 g/mol. The van der Waals surface area contributed by atoms with Crippen LogP contribution in [0, 0.1) is 0 Å². The molecule has 0 heterocycles. The summed E-state index contributed by atoms with van der Waals surface area (Å²) in [6, 6.07) is 20.7. The van der Waals surface area contributed by atoms with E-state index in [1.807, 2.05) is 6.07 Å². The zero-order valence-corrected chi connectivity index (χ0v) is 15.7. The molecule has 0 amide bonds. The molecule has 5 heteroatoms. The van der Waals surface area contributed by atoms with Gasteiger partial charge in [-0.25, -0.2) is 4.79 Å². The highest BCUT2D eigenvalue weighted by atomic mass is 16.5. The molecule has 142 valence electrons. The molecule has 0 aliphatic heterocycles. The fourth-order valence-electron chi connectivity index (χ4n) is 2.82. The molecule has 0 fully saturated rings. The van der Waals surface area contributed by atoms with E-state index in [4.69, 9.17) is 14.2 Å². The van der Waals surface area contributed by atoms with E-state index in [-0.39, 0.29) is 18.0 Å². The van der Waals surface area contributed by atoms with Gasteiger partial charge in [0.15, 0.2) is 5.78 Å². The van der Waals surface area contributed by atoms with E-state index < -0.39 is 5.97 Å². The van der Waals surface area contributed by atoms with Crippen LogP contribution in [0.4, 0.5) is 0 Å². The first-order valence-electron chi connectivity index (χ1n) is 8.71. The highest BCUT2D eigenvalue weighted by Crippen LogP contribution is 2.25. The number of hydrogen-bond acceptors (Lipinski definition) is 5. The minimum Gasteiger partial charge on any atom is -0.497 e. The standard InChI is InChI=1S/C23H20O5/c1-26-18-12-13-21(27-2)17(14-18)15-28-23(25)20-11-7-6-10-19(20)22(24)16-8-4-3-5-9-16/h3-14H,15H2,1-2H3. The molecular weight excluding hydrogens is 356 g/mol. The van der Waals surface area contributed by atoms with Gasteiger partial charge in [-0.2, -0.15) is 0 Å². The Bertz CT molecular complexity index is 979. The van der Waals surface area contributed by atoms with E-state index in [1.54, 1.807) is 80.9 Å². The van der Waals surface area contributed by atoms with Gasteiger partial charge in [0.2, 0.25) is 0 Å². The van der Waals surface area contributed by atoms with Gasteiger partial charge in [-0.05, 0) is 24.3 Å². The summed E-state index contributed by atoms with van der Waals surface area (Å²) in [6.07, 6.45) is 0. The van der Waals surface area contributed by atoms with Gasteiger partial charge < -0.3 is 14.2 Å². The van der Waals surface area contributed by atoms with Crippen molar-refractivity contribution < 1.29 is 23.8 Å². The minimum absolute atomic E-state index is 0.00688. The van der Waals surface area contributed by atoms with Gasteiger partial charge in [-0.15, -0.1) is 0 Å². The Balaban J connectivity index is 1.82. The van der Waals surface area contributed by atoms with Crippen molar-refractivity contribution in [2.75, 3.05) is 14.2 Å². The third-order valence-corrected chi connectivity index (χ3v) is 4.27. The summed E-state index contributed by atoms with van der Waals surface area (Å²) in [5.74, 6) is 0.408. The van der Waals surface area contributed by atoms with Crippen LogP contribution in [0.5, 0.6) is 11.5 Å². The molecule has 3 aromatic rings. The molecule has 0 atom stereocenters. The van der Waals surface area contributed by atoms with Gasteiger partial charge in [0.25, 0.3) is 0 Å². The smallest absolute Gasteiger partial charge is 0.339 e. The topological polar surface area (TPSA) is 61.8 Å². The molecule has 0 bridgehead atoms. The van der Waals surface area contributed by atoms with E-state index in [9.17, 15) is 9.59 Å². The second-order valence-electron chi connectivity index (χ2n) is 5.99. The Hall–Kier alpha value is -3.60. The van der Waals surface area contributed by atoms with Crippen LogP contribution in [0.15, 0.2) is 72.8 Å². The first kappa shape index (κ1) is 19.2. The van der Waals surface area contributed by atoms with Crippen LogP contribution >= 0.6 is 0 Å². The van der Waals surface area contributed by atoms with Crippen molar-refractivity contribution in [3.63, 3.8) is 0 Å². The number of benzene rings is 3. The number of carbonyl (C=O) groups is 2. The van der Waals surface area contributed by atoms with Crippen molar-refractivity contribution in [2.24, 2.45) is 0 Å². The molecule has 0 spiro atoms.